The third-order valence-electron chi connectivity index (χ3n) is 3.59. The maximum atomic E-state index is 13.0. The summed E-state index contributed by atoms with van der Waals surface area (Å²) in [6.07, 6.45) is 3.02. The number of alkyl halides is 2. The summed E-state index contributed by atoms with van der Waals surface area (Å²) < 4.78 is 27.7. The van der Waals surface area contributed by atoms with Gasteiger partial charge in [0.05, 0.1) is 0 Å². The summed E-state index contributed by atoms with van der Waals surface area (Å²) in [4.78, 5) is 4.10. The van der Waals surface area contributed by atoms with Gasteiger partial charge in [-0.05, 0) is 18.8 Å². The molecule has 96 valence electrons. The van der Waals surface area contributed by atoms with E-state index in [2.05, 4.69) is 10.1 Å². The molecule has 1 heterocycles. The molecule has 1 atom stereocenters. The second-order valence-electron chi connectivity index (χ2n) is 4.86. The van der Waals surface area contributed by atoms with Crippen molar-refractivity contribution in [2.45, 2.75) is 44.1 Å². The van der Waals surface area contributed by atoms with Crippen LogP contribution in [0.15, 0.2) is 6.33 Å². The third-order valence-corrected chi connectivity index (χ3v) is 3.59. The molecule has 0 amide bonds. The summed E-state index contributed by atoms with van der Waals surface area (Å²) in [7, 11) is 1.81. The standard InChI is InChI=1S/C11H18F2N4/c1-17-10(15-7-16-17)6-9(14)8-2-4-11(12,13)5-3-8/h7-9H,2-6,14H2,1H3. The van der Waals surface area contributed by atoms with E-state index in [4.69, 9.17) is 5.73 Å². The van der Waals surface area contributed by atoms with Gasteiger partial charge in [-0.3, -0.25) is 4.68 Å². The van der Waals surface area contributed by atoms with Crippen LogP contribution in [0.2, 0.25) is 0 Å². The van der Waals surface area contributed by atoms with E-state index in [0.717, 1.165) is 5.82 Å². The maximum absolute atomic E-state index is 13.0. The Morgan fingerprint density at radius 3 is 2.71 bits per heavy atom. The van der Waals surface area contributed by atoms with Crippen molar-refractivity contribution in [3.63, 3.8) is 0 Å². The fraction of sp³-hybridized carbons (Fsp3) is 0.818. The maximum Gasteiger partial charge on any atom is 0.248 e. The van der Waals surface area contributed by atoms with Crippen molar-refractivity contribution in [2.24, 2.45) is 18.7 Å². The van der Waals surface area contributed by atoms with Crippen molar-refractivity contribution in [1.82, 2.24) is 14.8 Å². The number of rotatable bonds is 3. The summed E-state index contributed by atoms with van der Waals surface area (Å²) in [6.45, 7) is 0. The molecular weight excluding hydrogens is 226 g/mol. The lowest BCUT2D eigenvalue weighted by molar-refractivity contribution is -0.0482. The number of aryl methyl sites for hydroxylation is 1. The van der Waals surface area contributed by atoms with Crippen LogP contribution in [-0.2, 0) is 13.5 Å². The smallest absolute Gasteiger partial charge is 0.248 e. The summed E-state index contributed by atoms with van der Waals surface area (Å²) in [5, 5.41) is 3.97. The first kappa shape index (κ1) is 12.4. The molecular formula is C11H18F2N4. The second kappa shape index (κ2) is 4.68. The van der Waals surface area contributed by atoms with Crippen LogP contribution >= 0.6 is 0 Å². The molecule has 0 bridgehead atoms. The minimum Gasteiger partial charge on any atom is -0.327 e. The van der Waals surface area contributed by atoms with Gasteiger partial charge >= 0.3 is 0 Å². The van der Waals surface area contributed by atoms with Crippen LogP contribution in [0.5, 0.6) is 0 Å². The van der Waals surface area contributed by atoms with E-state index < -0.39 is 5.92 Å². The van der Waals surface area contributed by atoms with Crippen LogP contribution in [0.4, 0.5) is 8.78 Å². The fourth-order valence-electron chi connectivity index (χ4n) is 2.37. The van der Waals surface area contributed by atoms with Gasteiger partial charge in [-0.2, -0.15) is 5.10 Å². The molecule has 1 saturated carbocycles. The van der Waals surface area contributed by atoms with Crippen LogP contribution in [0, 0.1) is 5.92 Å². The van der Waals surface area contributed by atoms with Gasteiger partial charge in [0, 0.05) is 32.4 Å². The largest absolute Gasteiger partial charge is 0.327 e. The highest BCUT2D eigenvalue weighted by Crippen LogP contribution is 2.37. The molecule has 0 saturated heterocycles. The van der Waals surface area contributed by atoms with E-state index in [1.807, 2.05) is 7.05 Å². The van der Waals surface area contributed by atoms with E-state index in [-0.39, 0.29) is 24.8 Å². The Labute approximate surface area is 99.2 Å². The second-order valence-corrected chi connectivity index (χ2v) is 4.86. The Hall–Kier alpha value is -1.04. The molecule has 1 aliphatic rings. The zero-order valence-corrected chi connectivity index (χ0v) is 9.94. The molecule has 0 radical (unpaired) electrons. The highest BCUT2D eigenvalue weighted by Gasteiger charge is 2.36. The van der Waals surface area contributed by atoms with Gasteiger partial charge in [0.25, 0.3) is 0 Å². The molecule has 0 aliphatic heterocycles. The zero-order valence-electron chi connectivity index (χ0n) is 9.94. The van der Waals surface area contributed by atoms with Crippen LogP contribution < -0.4 is 5.73 Å². The molecule has 2 N–H and O–H groups in total. The first-order valence-electron chi connectivity index (χ1n) is 5.94. The normalized spacial score (nSPS) is 22.6. The highest BCUT2D eigenvalue weighted by molar-refractivity contribution is 4.92. The summed E-state index contributed by atoms with van der Waals surface area (Å²) >= 11 is 0. The third kappa shape index (κ3) is 3.00. The van der Waals surface area contributed by atoms with Gasteiger partial charge in [0.1, 0.15) is 12.2 Å². The molecule has 1 unspecified atom stereocenters. The molecule has 6 heteroatoms. The predicted molar refractivity (Wildman–Crippen MR) is 59.6 cm³/mol. The Morgan fingerprint density at radius 2 is 2.18 bits per heavy atom. The molecule has 4 nitrogen and oxygen atoms in total. The fourth-order valence-corrected chi connectivity index (χ4v) is 2.37. The molecule has 1 aromatic rings. The number of nitrogens with zero attached hydrogens (tertiary/aromatic N) is 3. The Balaban J connectivity index is 1.89. The quantitative estimate of drug-likeness (QED) is 0.876. The van der Waals surface area contributed by atoms with Crippen molar-refractivity contribution in [2.75, 3.05) is 0 Å². The van der Waals surface area contributed by atoms with Gasteiger partial charge in [0.2, 0.25) is 5.92 Å². The lowest BCUT2D eigenvalue weighted by atomic mass is 9.81. The van der Waals surface area contributed by atoms with Gasteiger partial charge in [-0.1, -0.05) is 0 Å². The van der Waals surface area contributed by atoms with Crippen LogP contribution in [-0.4, -0.2) is 26.7 Å². The van der Waals surface area contributed by atoms with E-state index >= 15 is 0 Å². The lowest BCUT2D eigenvalue weighted by Crippen LogP contribution is -2.38. The van der Waals surface area contributed by atoms with Gasteiger partial charge < -0.3 is 5.73 Å². The van der Waals surface area contributed by atoms with Crippen molar-refractivity contribution in [3.05, 3.63) is 12.2 Å². The Bertz CT molecular complexity index is 367. The van der Waals surface area contributed by atoms with Crippen LogP contribution in [0.25, 0.3) is 0 Å². The number of aromatic nitrogens is 3. The molecule has 0 aromatic carbocycles. The van der Waals surface area contributed by atoms with Crippen LogP contribution in [0.1, 0.15) is 31.5 Å². The average molecular weight is 244 g/mol. The molecule has 1 aliphatic carbocycles. The monoisotopic (exact) mass is 244 g/mol. The van der Waals surface area contributed by atoms with E-state index in [1.54, 1.807) is 4.68 Å². The number of nitrogens with two attached hydrogens (primary N) is 1. The van der Waals surface area contributed by atoms with E-state index in [0.29, 0.717) is 19.3 Å². The van der Waals surface area contributed by atoms with Gasteiger partial charge in [-0.25, -0.2) is 13.8 Å². The molecule has 0 spiro atoms. The molecule has 17 heavy (non-hydrogen) atoms. The van der Waals surface area contributed by atoms with Crippen molar-refractivity contribution in [1.29, 1.82) is 0 Å². The van der Waals surface area contributed by atoms with Gasteiger partial charge in [-0.15, -0.1) is 0 Å². The molecule has 2 rings (SSSR count). The Morgan fingerprint density at radius 1 is 1.53 bits per heavy atom. The summed E-state index contributed by atoms with van der Waals surface area (Å²) in [6, 6.07) is -0.103. The van der Waals surface area contributed by atoms with Crippen molar-refractivity contribution in [3.8, 4) is 0 Å². The SMILES string of the molecule is Cn1ncnc1CC(N)C1CCC(F)(F)CC1. The van der Waals surface area contributed by atoms with E-state index in [9.17, 15) is 8.78 Å². The van der Waals surface area contributed by atoms with Gasteiger partial charge in [0.15, 0.2) is 0 Å². The first-order valence-corrected chi connectivity index (χ1v) is 5.94. The van der Waals surface area contributed by atoms with Crippen molar-refractivity contribution < 1.29 is 8.78 Å². The predicted octanol–water partition coefficient (Wildman–Crippen LogP) is 1.51. The lowest BCUT2D eigenvalue weighted by Gasteiger charge is -2.31. The number of hydrogen-bond donors (Lipinski definition) is 1. The minimum atomic E-state index is -2.49. The minimum absolute atomic E-state index is 0.0375. The van der Waals surface area contributed by atoms with E-state index in [1.165, 1.54) is 6.33 Å². The topological polar surface area (TPSA) is 56.7 Å². The Kier molecular flexibility index (Phi) is 3.42. The zero-order chi connectivity index (χ0) is 12.5. The number of hydrogen-bond acceptors (Lipinski definition) is 3. The molecule has 1 aromatic heterocycles. The molecule has 1 fully saturated rings. The summed E-state index contributed by atoms with van der Waals surface area (Å²) in [5.41, 5.74) is 6.07. The van der Waals surface area contributed by atoms with Crippen molar-refractivity contribution >= 4 is 0 Å². The van der Waals surface area contributed by atoms with Crippen LogP contribution in [0.3, 0.4) is 0 Å². The highest BCUT2D eigenvalue weighted by atomic mass is 19.3. The summed E-state index contributed by atoms with van der Waals surface area (Å²) in [5.74, 6) is -1.50. The number of halogens is 2. The average Bonchev–Trinajstić information content (AvgIpc) is 2.64. The first-order chi connectivity index (χ1) is 7.98.